The summed E-state index contributed by atoms with van der Waals surface area (Å²) < 4.78 is 7.52. The van der Waals surface area contributed by atoms with Gasteiger partial charge in [0.25, 0.3) is 0 Å². The molecule has 0 radical (unpaired) electrons. The van der Waals surface area contributed by atoms with Gasteiger partial charge in [0.2, 0.25) is 5.91 Å². The van der Waals surface area contributed by atoms with Crippen LogP contribution in [0, 0.1) is 13.8 Å². The summed E-state index contributed by atoms with van der Waals surface area (Å²) in [6.07, 6.45) is 4.18. The molecule has 5 nitrogen and oxygen atoms in total. The molecule has 5 heteroatoms. The van der Waals surface area contributed by atoms with Crippen molar-refractivity contribution in [2.75, 3.05) is 13.7 Å². The first-order valence-corrected chi connectivity index (χ1v) is 9.11. The number of aryl methyl sites for hydroxylation is 3. The van der Waals surface area contributed by atoms with E-state index in [0.717, 1.165) is 46.7 Å². The minimum atomic E-state index is -0.106. The fourth-order valence-corrected chi connectivity index (χ4v) is 3.14. The molecule has 0 fully saturated rings. The predicted octanol–water partition coefficient (Wildman–Crippen LogP) is 3.88. The van der Waals surface area contributed by atoms with Crippen molar-refractivity contribution < 1.29 is 9.53 Å². The highest BCUT2D eigenvalue weighted by molar-refractivity contribution is 5.92. The normalized spacial score (nSPS) is 11.2. The molecule has 0 aliphatic heterocycles. The molecule has 1 amide bonds. The van der Waals surface area contributed by atoms with Gasteiger partial charge in [-0.1, -0.05) is 23.8 Å². The van der Waals surface area contributed by atoms with Crippen LogP contribution in [-0.2, 0) is 11.3 Å². The number of methoxy groups -OCH3 is 1. The summed E-state index contributed by atoms with van der Waals surface area (Å²) in [5.41, 5.74) is 4.16. The number of fused-ring (bicyclic) bond motifs is 1. The molecule has 27 heavy (non-hydrogen) atoms. The highest BCUT2D eigenvalue weighted by atomic mass is 16.5. The highest BCUT2D eigenvalue weighted by Gasteiger charge is 2.06. The van der Waals surface area contributed by atoms with Crippen LogP contribution in [0.5, 0.6) is 5.75 Å². The summed E-state index contributed by atoms with van der Waals surface area (Å²) in [6.45, 7) is 5.46. The topological polar surface area (TPSA) is 56.1 Å². The number of para-hydroxylation sites is 2. The average molecular weight is 363 g/mol. The Morgan fingerprint density at radius 2 is 2.04 bits per heavy atom. The third-order valence-electron chi connectivity index (χ3n) is 4.50. The molecule has 3 rings (SSSR count). The summed E-state index contributed by atoms with van der Waals surface area (Å²) >= 11 is 0. The number of benzene rings is 2. The lowest BCUT2D eigenvalue weighted by atomic mass is 10.1. The molecule has 0 unspecified atom stereocenters. The Labute approximate surface area is 159 Å². The molecule has 2 aromatic carbocycles. The molecule has 0 atom stereocenters. The van der Waals surface area contributed by atoms with Crippen molar-refractivity contribution in [2.45, 2.75) is 26.8 Å². The quantitative estimate of drug-likeness (QED) is 0.512. The summed E-state index contributed by atoms with van der Waals surface area (Å²) in [5, 5.41) is 2.93. The number of carbonyl (C=O) groups excluding carboxylic acids is 1. The first kappa shape index (κ1) is 18.7. The third kappa shape index (κ3) is 4.56. The number of amides is 1. The molecule has 0 saturated carbocycles. The van der Waals surface area contributed by atoms with E-state index in [-0.39, 0.29) is 5.91 Å². The standard InChI is InChI=1S/C22H25N3O2/c1-16-9-11-21(27-3)18(15-16)10-12-22(26)23-13-6-14-25-17(2)24-19-7-4-5-8-20(19)25/h4-5,7-12,15H,6,13-14H2,1-3H3,(H,23,26). The zero-order valence-corrected chi connectivity index (χ0v) is 16.0. The second-order valence-corrected chi connectivity index (χ2v) is 6.52. The Morgan fingerprint density at radius 1 is 1.22 bits per heavy atom. The number of aromatic nitrogens is 2. The molecule has 140 valence electrons. The van der Waals surface area contributed by atoms with E-state index in [1.807, 2.05) is 50.2 Å². The smallest absolute Gasteiger partial charge is 0.244 e. The molecule has 3 aromatic rings. The Kier molecular flexibility index (Phi) is 5.91. The van der Waals surface area contributed by atoms with Crippen molar-refractivity contribution in [3.8, 4) is 5.75 Å². The van der Waals surface area contributed by atoms with Gasteiger partial charge < -0.3 is 14.6 Å². The second-order valence-electron chi connectivity index (χ2n) is 6.52. The van der Waals surface area contributed by atoms with E-state index in [9.17, 15) is 4.79 Å². The van der Waals surface area contributed by atoms with Crippen LogP contribution < -0.4 is 10.1 Å². The maximum Gasteiger partial charge on any atom is 0.244 e. The van der Waals surface area contributed by atoms with E-state index < -0.39 is 0 Å². The lowest BCUT2D eigenvalue weighted by Crippen LogP contribution is -2.23. The van der Waals surface area contributed by atoms with Crippen molar-refractivity contribution in [2.24, 2.45) is 0 Å². The van der Waals surface area contributed by atoms with E-state index >= 15 is 0 Å². The van der Waals surface area contributed by atoms with Crippen LogP contribution >= 0.6 is 0 Å². The predicted molar refractivity (Wildman–Crippen MR) is 109 cm³/mol. The fourth-order valence-electron chi connectivity index (χ4n) is 3.14. The maximum atomic E-state index is 12.1. The van der Waals surface area contributed by atoms with Gasteiger partial charge in [0.05, 0.1) is 18.1 Å². The zero-order valence-electron chi connectivity index (χ0n) is 16.0. The average Bonchev–Trinajstić information content (AvgIpc) is 2.99. The van der Waals surface area contributed by atoms with Crippen LogP contribution in [-0.4, -0.2) is 29.1 Å². The van der Waals surface area contributed by atoms with Gasteiger partial charge in [-0.2, -0.15) is 0 Å². The maximum absolute atomic E-state index is 12.1. The van der Waals surface area contributed by atoms with Gasteiger partial charge in [-0.15, -0.1) is 0 Å². The highest BCUT2D eigenvalue weighted by Crippen LogP contribution is 2.21. The van der Waals surface area contributed by atoms with Crippen LogP contribution in [0.15, 0.2) is 48.5 Å². The molecule has 0 aliphatic carbocycles. The van der Waals surface area contributed by atoms with E-state index in [0.29, 0.717) is 6.54 Å². The fraction of sp³-hybridized carbons (Fsp3) is 0.273. The van der Waals surface area contributed by atoms with Crippen molar-refractivity contribution in [3.05, 3.63) is 65.5 Å². The molecule has 0 aliphatic rings. The van der Waals surface area contributed by atoms with E-state index in [1.165, 1.54) is 0 Å². The Morgan fingerprint density at radius 3 is 2.85 bits per heavy atom. The van der Waals surface area contributed by atoms with Crippen molar-refractivity contribution in [1.82, 2.24) is 14.9 Å². The van der Waals surface area contributed by atoms with Crippen LogP contribution in [0.3, 0.4) is 0 Å². The van der Waals surface area contributed by atoms with Crippen molar-refractivity contribution in [3.63, 3.8) is 0 Å². The van der Waals surface area contributed by atoms with E-state index in [2.05, 4.69) is 20.9 Å². The van der Waals surface area contributed by atoms with Gasteiger partial charge in [0, 0.05) is 24.7 Å². The first-order chi connectivity index (χ1) is 13.1. The number of imidazole rings is 1. The number of carbonyl (C=O) groups is 1. The number of nitrogens with zero attached hydrogens (tertiary/aromatic N) is 2. The number of ether oxygens (including phenoxy) is 1. The lowest BCUT2D eigenvalue weighted by Gasteiger charge is -2.08. The lowest BCUT2D eigenvalue weighted by molar-refractivity contribution is -0.116. The molecule has 1 N–H and O–H groups in total. The van der Waals surface area contributed by atoms with Gasteiger partial charge in [0.15, 0.2) is 0 Å². The number of rotatable bonds is 7. The molecule has 1 heterocycles. The van der Waals surface area contributed by atoms with Gasteiger partial charge in [-0.25, -0.2) is 4.98 Å². The monoisotopic (exact) mass is 363 g/mol. The summed E-state index contributed by atoms with van der Waals surface area (Å²) in [5.74, 6) is 1.65. The Hall–Kier alpha value is -3.08. The third-order valence-corrected chi connectivity index (χ3v) is 4.50. The second kappa shape index (κ2) is 8.54. The first-order valence-electron chi connectivity index (χ1n) is 9.11. The summed E-state index contributed by atoms with van der Waals surface area (Å²) in [4.78, 5) is 16.6. The number of hydrogen-bond acceptors (Lipinski definition) is 3. The van der Waals surface area contributed by atoms with E-state index in [1.54, 1.807) is 19.3 Å². The number of hydrogen-bond donors (Lipinski definition) is 1. The molecular formula is C22H25N3O2. The van der Waals surface area contributed by atoms with Gasteiger partial charge >= 0.3 is 0 Å². The largest absolute Gasteiger partial charge is 0.496 e. The Bertz CT molecular complexity index is 973. The van der Waals surface area contributed by atoms with Crippen molar-refractivity contribution in [1.29, 1.82) is 0 Å². The van der Waals surface area contributed by atoms with Crippen LogP contribution in [0.2, 0.25) is 0 Å². The summed E-state index contributed by atoms with van der Waals surface area (Å²) in [6, 6.07) is 14.0. The van der Waals surface area contributed by atoms with Crippen LogP contribution in [0.4, 0.5) is 0 Å². The van der Waals surface area contributed by atoms with E-state index in [4.69, 9.17) is 4.74 Å². The molecule has 0 spiro atoms. The molecular weight excluding hydrogens is 338 g/mol. The van der Waals surface area contributed by atoms with Gasteiger partial charge in [0.1, 0.15) is 11.6 Å². The van der Waals surface area contributed by atoms with Crippen LogP contribution in [0.25, 0.3) is 17.1 Å². The van der Waals surface area contributed by atoms with Gasteiger partial charge in [-0.3, -0.25) is 4.79 Å². The minimum absolute atomic E-state index is 0.106. The Balaban J connectivity index is 1.53. The molecule has 1 aromatic heterocycles. The summed E-state index contributed by atoms with van der Waals surface area (Å²) in [7, 11) is 1.63. The number of nitrogens with one attached hydrogen (secondary N) is 1. The zero-order chi connectivity index (χ0) is 19.2. The van der Waals surface area contributed by atoms with Crippen molar-refractivity contribution >= 4 is 23.0 Å². The molecule has 0 bridgehead atoms. The SMILES string of the molecule is COc1ccc(C)cc1C=CC(=O)NCCCn1c(C)nc2ccccc21. The van der Waals surface area contributed by atoms with Gasteiger partial charge in [-0.05, 0) is 50.6 Å². The molecule has 0 saturated heterocycles. The van der Waals surface area contributed by atoms with Crippen LogP contribution in [0.1, 0.15) is 23.4 Å². The minimum Gasteiger partial charge on any atom is -0.496 e.